The van der Waals surface area contributed by atoms with Crippen molar-refractivity contribution in [2.75, 3.05) is 26.2 Å². The Morgan fingerprint density at radius 1 is 1.39 bits per heavy atom. The van der Waals surface area contributed by atoms with Gasteiger partial charge in [-0.3, -0.25) is 4.98 Å². The molecule has 0 aromatic carbocycles. The second-order valence-electron chi connectivity index (χ2n) is 5.30. The molecule has 23 heavy (non-hydrogen) atoms. The Bertz CT molecular complexity index is 655. The fourth-order valence-corrected chi connectivity index (χ4v) is 2.65. The molecule has 122 valence electrons. The Morgan fingerprint density at radius 2 is 2.22 bits per heavy atom. The van der Waals surface area contributed by atoms with E-state index in [0.717, 1.165) is 25.3 Å². The number of pyridine rings is 1. The number of amides is 1. The summed E-state index contributed by atoms with van der Waals surface area (Å²) in [5, 5.41) is 6.96. The molecule has 0 atom stereocenters. The lowest BCUT2D eigenvalue weighted by molar-refractivity contribution is 0.198. The van der Waals surface area contributed by atoms with Crippen molar-refractivity contribution in [2.45, 2.75) is 12.8 Å². The van der Waals surface area contributed by atoms with Gasteiger partial charge in [0.2, 0.25) is 0 Å². The SMILES string of the molecule is O=C(NCCN1CCCC1)Oc1cn(-c2cccnc2)nc1Cl. The molecule has 1 aliphatic heterocycles. The van der Waals surface area contributed by atoms with Gasteiger partial charge < -0.3 is 15.0 Å². The van der Waals surface area contributed by atoms with Crippen molar-refractivity contribution in [1.82, 2.24) is 25.0 Å². The van der Waals surface area contributed by atoms with Crippen LogP contribution in [0.15, 0.2) is 30.7 Å². The minimum absolute atomic E-state index is 0.128. The zero-order chi connectivity index (χ0) is 16.1. The van der Waals surface area contributed by atoms with Gasteiger partial charge >= 0.3 is 6.09 Å². The Labute approximate surface area is 139 Å². The molecular formula is C15H18ClN5O2. The minimum atomic E-state index is -0.531. The minimum Gasteiger partial charge on any atom is -0.405 e. The number of hydrogen-bond acceptors (Lipinski definition) is 5. The van der Waals surface area contributed by atoms with Crippen LogP contribution in [0.1, 0.15) is 12.8 Å². The van der Waals surface area contributed by atoms with Crippen LogP contribution in [0.5, 0.6) is 5.75 Å². The van der Waals surface area contributed by atoms with E-state index in [0.29, 0.717) is 6.54 Å². The van der Waals surface area contributed by atoms with Crippen LogP contribution in [0.3, 0.4) is 0 Å². The van der Waals surface area contributed by atoms with Crippen molar-refractivity contribution < 1.29 is 9.53 Å². The fourth-order valence-electron chi connectivity index (χ4n) is 2.49. The zero-order valence-electron chi connectivity index (χ0n) is 12.6. The quantitative estimate of drug-likeness (QED) is 0.906. The molecule has 1 amide bonds. The molecule has 0 radical (unpaired) electrons. The second-order valence-corrected chi connectivity index (χ2v) is 5.66. The highest BCUT2D eigenvalue weighted by Gasteiger charge is 2.15. The molecule has 1 N–H and O–H groups in total. The Hall–Kier alpha value is -2.12. The number of carbonyl (C=O) groups is 1. The molecular weight excluding hydrogens is 318 g/mol. The highest BCUT2D eigenvalue weighted by molar-refractivity contribution is 6.30. The van der Waals surface area contributed by atoms with E-state index in [-0.39, 0.29) is 10.9 Å². The molecule has 8 heteroatoms. The number of aromatic nitrogens is 3. The van der Waals surface area contributed by atoms with E-state index in [4.69, 9.17) is 16.3 Å². The van der Waals surface area contributed by atoms with Gasteiger partial charge in [0.25, 0.3) is 0 Å². The summed E-state index contributed by atoms with van der Waals surface area (Å²) in [5.41, 5.74) is 0.735. The first kappa shape index (κ1) is 15.8. The number of rotatable bonds is 5. The maximum atomic E-state index is 11.8. The maximum absolute atomic E-state index is 11.8. The lowest BCUT2D eigenvalue weighted by Crippen LogP contribution is -2.35. The van der Waals surface area contributed by atoms with Gasteiger partial charge in [-0.25, -0.2) is 9.48 Å². The van der Waals surface area contributed by atoms with Crippen molar-refractivity contribution in [1.29, 1.82) is 0 Å². The normalized spacial score (nSPS) is 14.8. The Balaban J connectivity index is 1.53. The first-order chi connectivity index (χ1) is 11.2. The van der Waals surface area contributed by atoms with Crippen LogP contribution in [0.2, 0.25) is 5.15 Å². The molecule has 7 nitrogen and oxygen atoms in total. The lowest BCUT2D eigenvalue weighted by Gasteiger charge is -2.14. The summed E-state index contributed by atoms with van der Waals surface area (Å²) in [6.45, 7) is 3.58. The molecule has 0 unspecified atom stereocenters. The molecule has 0 spiro atoms. The summed E-state index contributed by atoms with van der Waals surface area (Å²) >= 11 is 6.01. The molecule has 3 rings (SSSR count). The number of nitrogens with one attached hydrogen (secondary N) is 1. The third-order valence-corrected chi connectivity index (χ3v) is 3.91. The highest BCUT2D eigenvalue weighted by Crippen LogP contribution is 2.24. The van der Waals surface area contributed by atoms with E-state index in [1.54, 1.807) is 24.7 Å². The molecule has 2 aromatic rings. The number of carbonyl (C=O) groups excluding carboxylic acids is 1. The van der Waals surface area contributed by atoms with Crippen LogP contribution in [-0.4, -0.2) is 51.9 Å². The van der Waals surface area contributed by atoms with Gasteiger partial charge in [0.05, 0.1) is 18.1 Å². The number of nitrogens with zero attached hydrogens (tertiary/aromatic N) is 4. The zero-order valence-corrected chi connectivity index (χ0v) is 13.4. The average Bonchev–Trinajstić information content (AvgIpc) is 3.19. The Kier molecular flexibility index (Phi) is 5.09. The summed E-state index contributed by atoms with van der Waals surface area (Å²) in [6.07, 6.45) is 6.79. The van der Waals surface area contributed by atoms with Crippen LogP contribution < -0.4 is 10.1 Å². The van der Waals surface area contributed by atoms with Crippen LogP contribution in [0, 0.1) is 0 Å². The van der Waals surface area contributed by atoms with Gasteiger partial charge in [0.15, 0.2) is 10.9 Å². The van der Waals surface area contributed by atoms with E-state index in [1.807, 2.05) is 6.07 Å². The number of ether oxygens (including phenoxy) is 1. The summed E-state index contributed by atoms with van der Waals surface area (Å²) in [4.78, 5) is 18.1. The topological polar surface area (TPSA) is 72.3 Å². The molecule has 2 aromatic heterocycles. The predicted octanol–water partition coefficient (Wildman–Crippen LogP) is 2.10. The largest absolute Gasteiger partial charge is 0.412 e. The van der Waals surface area contributed by atoms with Crippen molar-refractivity contribution in [3.8, 4) is 11.4 Å². The average molecular weight is 336 g/mol. The van der Waals surface area contributed by atoms with E-state index >= 15 is 0 Å². The van der Waals surface area contributed by atoms with E-state index in [2.05, 4.69) is 20.3 Å². The van der Waals surface area contributed by atoms with Gasteiger partial charge in [0.1, 0.15) is 0 Å². The van der Waals surface area contributed by atoms with E-state index < -0.39 is 6.09 Å². The van der Waals surface area contributed by atoms with Crippen LogP contribution >= 0.6 is 11.6 Å². The van der Waals surface area contributed by atoms with Gasteiger partial charge in [-0.2, -0.15) is 5.10 Å². The molecule has 0 saturated carbocycles. The van der Waals surface area contributed by atoms with Gasteiger partial charge in [-0.05, 0) is 38.1 Å². The molecule has 1 fully saturated rings. The van der Waals surface area contributed by atoms with E-state index in [1.165, 1.54) is 17.5 Å². The molecule has 1 aliphatic rings. The third-order valence-electron chi connectivity index (χ3n) is 3.65. The maximum Gasteiger partial charge on any atom is 0.412 e. The number of likely N-dealkylation sites (tertiary alicyclic amines) is 1. The molecule has 0 bridgehead atoms. The molecule has 0 aliphatic carbocycles. The van der Waals surface area contributed by atoms with Crippen molar-refractivity contribution in [2.24, 2.45) is 0 Å². The van der Waals surface area contributed by atoms with Gasteiger partial charge in [-0.15, -0.1) is 0 Å². The first-order valence-electron chi connectivity index (χ1n) is 7.56. The monoisotopic (exact) mass is 335 g/mol. The lowest BCUT2D eigenvalue weighted by atomic mass is 10.4. The van der Waals surface area contributed by atoms with E-state index in [9.17, 15) is 4.79 Å². The van der Waals surface area contributed by atoms with Crippen LogP contribution in [0.4, 0.5) is 4.79 Å². The summed E-state index contributed by atoms with van der Waals surface area (Å²) in [6, 6.07) is 3.62. The summed E-state index contributed by atoms with van der Waals surface area (Å²) in [5.74, 6) is 0.217. The summed E-state index contributed by atoms with van der Waals surface area (Å²) < 4.78 is 6.72. The molecule has 3 heterocycles. The van der Waals surface area contributed by atoms with Gasteiger partial charge in [-0.1, -0.05) is 11.6 Å². The number of hydrogen-bond donors (Lipinski definition) is 1. The smallest absolute Gasteiger partial charge is 0.405 e. The standard InChI is InChI=1S/C15H18ClN5O2/c16-14-13(11-21(19-14)12-4-3-5-17-10-12)23-15(22)18-6-9-20-7-1-2-8-20/h3-5,10-11H,1-2,6-9H2,(H,18,22). The van der Waals surface area contributed by atoms with Crippen molar-refractivity contribution >= 4 is 17.7 Å². The molecule has 1 saturated heterocycles. The van der Waals surface area contributed by atoms with Gasteiger partial charge in [0, 0.05) is 19.3 Å². The highest BCUT2D eigenvalue weighted by atomic mass is 35.5. The van der Waals surface area contributed by atoms with Crippen LogP contribution in [0.25, 0.3) is 5.69 Å². The summed E-state index contributed by atoms with van der Waals surface area (Å²) in [7, 11) is 0. The number of halogens is 1. The van der Waals surface area contributed by atoms with Crippen molar-refractivity contribution in [3.63, 3.8) is 0 Å². The van der Waals surface area contributed by atoms with Crippen LogP contribution in [-0.2, 0) is 0 Å². The first-order valence-corrected chi connectivity index (χ1v) is 7.94. The second kappa shape index (κ2) is 7.43. The van der Waals surface area contributed by atoms with Crippen molar-refractivity contribution in [3.05, 3.63) is 35.9 Å². The fraction of sp³-hybridized carbons (Fsp3) is 0.400. The third kappa shape index (κ3) is 4.20. The Morgan fingerprint density at radius 3 is 2.96 bits per heavy atom. The predicted molar refractivity (Wildman–Crippen MR) is 86.1 cm³/mol.